The summed E-state index contributed by atoms with van der Waals surface area (Å²) in [6, 6.07) is 10.7. The molecular weight excluding hydrogens is 320 g/mol. The van der Waals surface area contributed by atoms with E-state index in [0.29, 0.717) is 12.1 Å². The summed E-state index contributed by atoms with van der Waals surface area (Å²) < 4.78 is 11.7. The maximum atomic E-state index is 12.8. The first kappa shape index (κ1) is 16.7. The van der Waals surface area contributed by atoms with Crippen molar-refractivity contribution in [2.24, 2.45) is 0 Å². The third-order valence-corrected chi connectivity index (χ3v) is 3.89. The highest BCUT2D eigenvalue weighted by atomic mass is 16.5. The monoisotopic (exact) mass is 338 g/mol. The topological polar surface area (TPSA) is 70.4 Å². The number of hydrogen-bond donors (Lipinski definition) is 0. The van der Waals surface area contributed by atoms with E-state index >= 15 is 0 Å². The lowest BCUT2D eigenvalue weighted by atomic mass is 10.1. The van der Waals surface area contributed by atoms with Crippen molar-refractivity contribution in [1.29, 1.82) is 0 Å². The summed E-state index contributed by atoms with van der Waals surface area (Å²) in [5.74, 6) is 0.123. The molecule has 6 heteroatoms. The van der Waals surface area contributed by atoms with Gasteiger partial charge in [0.15, 0.2) is 0 Å². The molecule has 6 nitrogen and oxygen atoms in total. The summed E-state index contributed by atoms with van der Waals surface area (Å²) in [4.78, 5) is 29.1. The second kappa shape index (κ2) is 7.17. The summed E-state index contributed by atoms with van der Waals surface area (Å²) in [7, 11) is 1.60. The number of esters is 1. The van der Waals surface area contributed by atoms with Crippen LogP contribution < -0.4 is 10.3 Å². The van der Waals surface area contributed by atoms with Crippen molar-refractivity contribution >= 4 is 16.9 Å². The van der Waals surface area contributed by atoms with Gasteiger partial charge in [-0.05, 0) is 36.8 Å². The van der Waals surface area contributed by atoms with Crippen LogP contribution in [-0.2, 0) is 11.3 Å². The number of aromatic nitrogens is 2. The predicted octanol–water partition coefficient (Wildman–Crippen LogP) is 2.63. The summed E-state index contributed by atoms with van der Waals surface area (Å²) in [5.41, 5.74) is 1.20. The van der Waals surface area contributed by atoms with E-state index in [0.717, 1.165) is 16.7 Å². The zero-order valence-electron chi connectivity index (χ0n) is 14.1. The lowest BCUT2D eigenvalue weighted by Crippen LogP contribution is -2.28. The van der Waals surface area contributed by atoms with Crippen molar-refractivity contribution in [2.75, 3.05) is 13.7 Å². The molecule has 0 N–H and O–H groups in total. The SMILES string of the molecule is CCOC(=O)c1cc2ccncc2n(Cc2ccc(OC)cc2)c1=O. The highest BCUT2D eigenvalue weighted by Gasteiger charge is 2.17. The smallest absolute Gasteiger partial charge is 0.343 e. The lowest BCUT2D eigenvalue weighted by Gasteiger charge is -2.12. The molecule has 0 saturated carbocycles. The fourth-order valence-electron chi connectivity index (χ4n) is 2.64. The summed E-state index contributed by atoms with van der Waals surface area (Å²) in [6.45, 7) is 2.24. The van der Waals surface area contributed by atoms with E-state index in [-0.39, 0.29) is 12.2 Å². The van der Waals surface area contributed by atoms with E-state index in [4.69, 9.17) is 9.47 Å². The number of carbonyl (C=O) groups excluding carboxylic acids is 1. The van der Waals surface area contributed by atoms with E-state index < -0.39 is 11.5 Å². The van der Waals surface area contributed by atoms with Crippen LogP contribution in [0.4, 0.5) is 0 Å². The van der Waals surface area contributed by atoms with Crippen molar-refractivity contribution < 1.29 is 14.3 Å². The second-order valence-corrected chi connectivity index (χ2v) is 5.45. The van der Waals surface area contributed by atoms with Gasteiger partial charge in [0.2, 0.25) is 0 Å². The molecule has 0 aliphatic heterocycles. The van der Waals surface area contributed by atoms with Gasteiger partial charge in [0.05, 0.1) is 32.0 Å². The number of fused-ring (bicyclic) bond motifs is 1. The molecular formula is C19H18N2O4. The van der Waals surface area contributed by atoms with E-state index in [9.17, 15) is 9.59 Å². The van der Waals surface area contributed by atoms with E-state index in [2.05, 4.69) is 4.98 Å². The van der Waals surface area contributed by atoms with Gasteiger partial charge in [0.25, 0.3) is 5.56 Å². The van der Waals surface area contributed by atoms with Crippen molar-refractivity contribution in [3.05, 3.63) is 70.3 Å². The molecule has 0 aliphatic rings. The molecule has 0 amide bonds. The minimum atomic E-state index is -0.616. The largest absolute Gasteiger partial charge is 0.497 e. The van der Waals surface area contributed by atoms with Crippen LogP contribution in [0.15, 0.2) is 53.6 Å². The molecule has 0 radical (unpaired) electrons. The van der Waals surface area contributed by atoms with E-state index in [1.165, 1.54) is 4.57 Å². The first-order chi connectivity index (χ1) is 12.1. The number of methoxy groups -OCH3 is 1. The number of ether oxygens (including phenoxy) is 2. The first-order valence-corrected chi connectivity index (χ1v) is 7.91. The lowest BCUT2D eigenvalue weighted by molar-refractivity contribution is 0.0524. The van der Waals surface area contributed by atoms with Crippen LogP contribution in [-0.4, -0.2) is 29.2 Å². The van der Waals surface area contributed by atoms with Gasteiger partial charge in [-0.1, -0.05) is 12.1 Å². The highest BCUT2D eigenvalue weighted by molar-refractivity contribution is 5.93. The van der Waals surface area contributed by atoms with Crippen LogP contribution in [0.25, 0.3) is 10.9 Å². The number of benzene rings is 1. The van der Waals surface area contributed by atoms with Gasteiger partial charge in [0.1, 0.15) is 11.3 Å². The Hall–Kier alpha value is -3.15. The van der Waals surface area contributed by atoms with Gasteiger partial charge < -0.3 is 14.0 Å². The van der Waals surface area contributed by atoms with Crippen LogP contribution in [0.2, 0.25) is 0 Å². The van der Waals surface area contributed by atoms with Crippen LogP contribution >= 0.6 is 0 Å². The average Bonchev–Trinajstić information content (AvgIpc) is 2.64. The van der Waals surface area contributed by atoms with E-state index in [1.54, 1.807) is 38.6 Å². The molecule has 2 aromatic heterocycles. The van der Waals surface area contributed by atoms with Gasteiger partial charge in [-0.15, -0.1) is 0 Å². The van der Waals surface area contributed by atoms with Gasteiger partial charge >= 0.3 is 5.97 Å². The number of carbonyl (C=O) groups is 1. The van der Waals surface area contributed by atoms with Crippen molar-refractivity contribution in [1.82, 2.24) is 9.55 Å². The molecule has 3 aromatic rings. The second-order valence-electron chi connectivity index (χ2n) is 5.45. The first-order valence-electron chi connectivity index (χ1n) is 7.91. The Morgan fingerprint density at radius 2 is 1.96 bits per heavy atom. The Morgan fingerprint density at radius 3 is 2.64 bits per heavy atom. The van der Waals surface area contributed by atoms with Gasteiger partial charge in [-0.25, -0.2) is 4.79 Å². The Morgan fingerprint density at radius 1 is 1.20 bits per heavy atom. The van der Waals surface area contributed by atoms with Gasteiger partial charge in [0, 0.05) is 11.6 Å². The summed E-state index contributed by atoms with van der Waals surface area (Å²) in [6.07, 6.45) is 3.24. The Labute approximate surface area is 144 Å². The normalized spacial score (nSPS) is 10.6. The zero-order valence-corrected chi connectivity index (χ0v) is 14.1. The van der Waals surface area contributed by atoms with Gasteiger partial charge in [-0.2, -0.15) is 0 Å². The third-order valence-electron chi connectivity index (χ3n) is 3.89. The minimum absolute atomic E-state index is 0.0223. The van der Waals surface area contributed by atoms with Crippen molar-refractivity contribution in [3.63, 3.8) is 0 Å². The molecule has 0 aliphatic carbocycles. The fourth-order valence-corrected chi connectivity index (χ4v) is 2.64. The number of pyridine rings is 2. The number of rotatable bonds is 5. The summed E-state index contributed by atoms with van der Waals surface area (Å²) >= 11 is 0. The maximum absolute atomic E-state index is 12.8. The Bertz CT molecular complexity index is 961. The Balaban J connectivity index is 2.12. The van der Waals surface area contributed by atoms with Crippen molar-refractivity contribution in [2.45, 2.75) is 13.5 Å². The molecule has 128 valence electrons. The number of nitrogens with zero attached hydrogens (tertiary/aromatic N) is 2. The fraction of sp³-hybridized carbons (Fsp3) is 0.211. The minimum Gasteiger partial charge on any atom is -0.497 e. The molecule has 2 heterocycles. The highest BCUT2D eigenvalue weighted by Crippen LogP contribution is 2.16. The standard InChI is InChI=1S/C19H18N2O4/c1-3-25-19(23)16-10-14-8-9-20-11-17(14)21(18(16)22)12-13-4-6-15(24-2)7-5-13/h4-11H,3,12H2,1-2H3. The van der Waals surface area contributed by atoms with Crippen LogP contribution in [0.5, 0.6) is 5.75 Å². The van der Waals surface area contributed by atoms with Crippen LogP contribution in [0.1, 0.15) is 22.8 Å². The van der Waals surface area contributed by atoms with Crippen LogP contribution in [0, 0.1) is 0 Å². The molecule has 3 rings (SSSR count). The molecule has 0 atom stereocenters. The van der Waals surface area contributed by atoms with Crippen LogP contribution in [0.3, 0.4) is 0 Å². The molecule has 0 bridgehead atoms. The molecule has 0 saturated heterocycles. The maximum Gasteiger partial charge on any atom is 0.343 e. The predicted molar refractivity (Wildman–Crippen MR) is 94.1 cm³/mol. The quantitative estimate of drug-likeness (QED) is 0.669. The third kappa shape index (κ3) is 3.38. The zero-order chi connectivity index (χ0) is 17.8. The number of hydrogen-bond acceptors (Lipinski definition) is 5. The molecule has 0 spiro atoms. The molecule has 1 aromatic carbocycles. The van der Waals surface area contributed by atoms with Gasteiger partial charge in [-0.3, -0.25) is 9.78 Å². The molecule has 0 unspecified atom stereocenters. The Kier molecular flexibility index (Phi) is 4.79. The summed E-state index contributed by atoms with van der Waals surface area (Å²) in [5, 5.41) is 0.756. The molecule has 0 fully saturated rings. The molecule has 25 heavy (non-hydrogen) atoms. The average molecular weight is 338 g/mol. The van der Waals surface area contributed by atoms with Crippen molar-refractivity contribution in [3.8, 4) is 5.75 Å². The van der Waals surface area contributed by atoms with E-state index in [1.807, 2.05) is 24.3 Å².